The molecule has 0 radical (unpaired) electrons. The number of para-hydroxylation sites is 2. The molecule has 5 aromatic carbocycles. The van der Waals surface area contributed by atoms with Crippen molar-refractivity contribution in [3.05, 3.63) is 148 Å². The van der Waals surface area contributed by atoms with Crippen LogP contribution in [-0.4, -0.2) is 4.57 Å². The minimum Gasteiger partial charge on any atom is -0.309 e. The first-order valence-corrected chi connectivity index (χ1v) is 13.3. The summed E-state index contributed by atoms with van der Waals surface area (Å²) < 4.78 is 2.35. The highest BCUT2D eigenvalue weighted by molar-refractivity contribution is 6.09. The van der Waals surface area contributed by atoms with Crippen LogP contribution in [0.1, 0.15) is 45.9 Å². The van der Waals surface area contributed by atoms with Crippen molar-refractivity contribution in [1.82, 2.24) is 4.57 Å². The monoisotopic (exact) mass is 499 g/mol. The van der Waals surface area contributed by atoms with Crippen LogP contribution in [0.4, 0.5) is 0 Å². The summed E-state index contributed by atoms with van der Waals surface area (Å²) in [6.07, 6.45) is 1.69. The fourth-order valence-corrected chi connectivity index (χ4v) is 6.70. The van der Waals surface area contributed by atoms with E-state index in [1.165, 1.54) is 32.9 Å². The molecule has 7 rings (SSSR count). The second-order valence-corrected chi connectivity index (χ2v) is 10.4. The summed E-state index contributed by atoms with van der Waals surface area (Å²) in [5.41, 5.74) is 9.36. The van der Waals surface area contributed by atoms with Crippen LogP contribution in [0.2, 0.25) is 0 Å². The number of nitrogens with zero attached hydrogens (tertiary/aromatic N) is 3. The number of aromatic nitrogens is 1. The van der Waals surface area contributed by atoms with Gasteiger partial charge in [0.15, 0.2) is 0 Å². The molecule has 0 saturated carbocycles. The molecule has 1 aliphatic rings. The molecule has 0 amide bonds. The molecule has 0 aliphatic heterocycles. The predicted molar refractivity (Wildman–Crippen MR) is 156 cm³/mol. The second-order valence-electron chi connectivity index (χ2n) is 10.4. The van der Waals surface area contributed by atoms with E-state index in [0.29, 0.717) is 11.1 Å². The molecule has 1 heterocycles. The van der Waals surface area contributed by atoms with Gasteiger partial charge in [0.25, 0.3) is 0 Å². The van der Waals surface area contributed by atoms with Crippen LogP contribution in [0.25, 0.3) is 27.5 Å². The van der Waals surface area contributed by atoms with Crippen LogP contribution in [0.3, 0.4) is 0 Å². The number of hydrogen-bond acceptors (Lipinski definition) is 2. The molecule has 1 aliphatic carbocycles. The lowest BCUT2D eigenvalue weighted by atomic mass is 9.67. The fraction of sp³-hybridized carbons (Fsp3) is 0.111. The maximum Gasteiger partial charge on any atom is 0.101 e. The highest BCUT2D eigenvalue weighted by Crippen LogP contribution is 2.47. The van der Waals surface area contributed by atoms with Gasteiger partial charge in [-0.25, -0.2) is 0 Å². The first-order chi connectivity index (χ1) is 19.1. The minimum atomic E-state index is -0.616. The lowest BCUT2D eigenvalue weighted by Gasteiger charge is -2.35. The van der Waals surface area contributed by atoms with E-state index in [1.807, 2.05) is 12.1 Å². The van der Waals surface area contributed by atoms with Crippen molar-refractivity contribution in [3.63, 3.8) is 0 Å². The van der Waals surface area contributed by atoms with Crippen LogP contribution in [0, 0.1) is 22.7 Å². The average Bonchev–Trinajstić information content (AvgIpc) is 3.27. The molecule has 6 aromatic rings. The Morgan fingerprint density at radius 3 is 1.95 bits per heavy atom. The Morgan fingerprint density at radius 1 is 0.667 bits per heavy atom. The average molecular weight is 500 g/mol. The first-order valence-electron chi connectivity index (χ1n) is 13.3. The van der Waals surface area contributed by atoms with Gasteiger partial charge in [0, 0.05) is 21.9 Å². The van der Waals surface area contributed by atoms with E-state index in [1.54, 1.807) is 0 Å². The SMILES string of the molecule is CC1(c2ccccc2)c2cc(-n3c4ccccc4c4ccccc43)ccc2CCc2ccc(C#N)c(C#N)c21. The van der Waals surface area contributed by atoms with Crippen molar-refractivity contribution in [3.8, 4) is 17.8 Å². The Kier molecular flexibility index (Phi) is 5.15. The Hall–Kier alpha value is -5.12. The van der Waals surface area contributed by atoms with E-state index in [2.05, 4.69) is 121 Å². The summed E-state index contributed by atoms with van der Waals surface area (Å²) in [4.78, 5) is 0. The number of hydrogen-bond donors (Lipinski definition) is 0. The molecule has 0 fully saturated rings. The van der Waals surface area contributed by atoms with Gasteiger partial charge in [-0.1, -0.05) is 78.9 Å². The molecule has 3 nitrogen and oxygen atoms in total. The normalized spacial score (nSPS) is 16.2. The Labute approximate surface area is 227 Å². The van der Waals surface area contributed by atoms with Gasteiger partial charge in [0.05, 0.1) is 22.2 Å². The molecule has 0 saturated heterocycles. The van der Waals surface area contributed by atoms with Crippen molar-refractivity contribution in [2.75, 3.05) is 0 Å². The van der Waals surface area contributed by atoms with E-state index in [4.69, 9.17) is 0 Å². The van der Waals surface area contributed by atoms with Gasteiger partial charge in [-0.05, 0) is 77.9 Å². The van der Waals surface area contributed by atoms with E-state index in [-0.39, 0.29) is 0 Å². The Morgan fingerprint density at radius 2 is 1.28 bits per heavy atom. The van der Waals surface area contributed by atoms with Gasteiger partial charge >= 0.3 is 0 Å². The van der Waals surface area contributed by atoms with Crippen molar-refractivity contribution >= 4 is 21.8 Å². The van der Waals surface area contributed by atoms with Crippen LogP contribution < -0.4 is 0 Å². The lowest BCUT2D eigenvalue weighted by molar-refractivity contribution is 0.684. The van der Waals surface area contributed by atoms with Crippen LogP contribution >= 0.6 is 0 Å². The number of rotatable bonds is 2. The molecular weight excluding hydrogens is 474 g/mol. The van der Waals surface area contributed by atoms with Gasteiger partial charge in [-0.2, -0.15) is 10.5 Å². The molecule has 0 bridgehead atoms. The summed E-state index contributed by atoms with van der Waals surface area (Å²) >= 11 is 0. The largest absolute Gasteiger partial charge is 0.309 e. The number of aryl methyl sites for hydroxylation is 2. The van der Waals surface area contributed by atoms with Crippen molar-refractivity contribution in [2.45, 2.75) is 25.2 Å². The highest BCUT2D eigenvalue weighted by Gasteiger charge is 2.39. The standard InChI is InChI=1S/C36H25N3/c1-36(27-9-3-2-4-10-27)32-21-28(39-33-13-7-5-11-29(33)30-12-6-8-14-34(30)39)20-19-24(32)15-16-25-17-18-26(22-37)31(23-38)35(25)36/h2-14,17-21H,15-16H2,1H3. The summed E-state index contributed by atoms with van der Waals surface area (Å²) in [7, 11) is 0. The second kappa shape index (κ2) is 8.73. The van der Waals surface area contributed by atoms with Gasteiger partial charge in [-0.15, -0.1) is 0 Å². The Balaban J connectivity index is 1.59. The molecule has 39 heavy (non-hydrogen) atoms. The molecule has 1 atom stereocenters. The molecular formula is C36H25N3. The van der Waals surface area contributed by atoms with Gasteiger partial charge < -0.3 is 4.57 Å². The summed E-state index contributed by atoms with van der Waals surface area (Å²) in [5.74, 6) is 0. The van der Waals surface area contributed by atoms with Gasteiger partial charge in [0.2, 0.25) is 0 Å². The molecule has 1 aromatic heterocycles. The first kappa shape index (κ1) is 23.0. The summed E-state index contributed by atoms with van der Waals surface area (Å²) in [6.45, 7) is 2.23. The summed E-state index contributed by atoms with van der Waals surface area (Å²) in [6, 6.07) is 42.9. The topological polar surface area (TPSA) is 52.5 Å². The van der Waals surface area contributed by atoms with Crippen LogP contribution in [0.15, 0.2) is 109 Å². The van der Waals surface area contributed by atoms with Gasteiger partial charge in [-0.3, -0.25) is 0 Å². The smallest absolute Gasteiger partial charge is 0.101 e. The van der Waals surface area contributed by atoms with Gasteiger partial charge in [0.1, 0.15) is 12.1 Å². The van der Waals surface area contributed by atoms with Crippen molar-refractivity contribution in [1.29, 1.82) is 10.5 Å². The van der Waals surface area contributed by atoms with Crippen molar-refractivity contribution < 1.29 is 0 Å². The fourth-order valence-electron chi connectivity index (χ4n) is 6.70. The van der Waals surface area contributed by atoms with Crippen LogP contribution in [-0.2, 0) is 18.3 Å². The van der Waals surface area contributed by atoms with E-state index >= 15 is 0 Å². The predicted octanol–water partition coefficient (Wildman–Crippen LogP) is 7.98. The summed E-state index contributed by atoms with van der Waals surface area (Å²) in [5, 5.41) is 22.7. The zero-order valence-corrected chi connectivity index (χ0v) is 21.6. The number of benzene rings is 5. The molecule has 3 heteroatoms. The minimum absolute atomic E-state index is 0.431. The van der Waals surface area contributed by atoms with Crippen LogP contribution in [0.5, 0.6) is 0 Å². The zero-order valence-electron chi connectivity index (χ0n) is 21.6. The van der Waals surface area contributed by atoms with E-state index in [9.17, 15) is 10.5 Å². The zero-order chi connectivity index (χ0) is 26.6. The third kappa shape index (κ3) is 3.27. The maximum absolute atomic E-state index is 10.4. The molecule has 184 valence electrons. The molecule has 0 N–H and O–H groups in total. The van der Waals surface area contributed by atoms with Crippen molar-refractivity contribution in [2.24, 2.45) is 0 Å². The highest BCUT2D eigenvalue weighted by atomic mass is 15.0. The lowest BCUT2D eigenvalue weighted by Crippen LogP contribution is -2.28. The Bertz CT molecular complexity index is 1950. The molecule has 1 unspecified atom stereocenters. The maximum atomic E-state index is 10.4. The quantitative estimate of drug-likeness (QED) is 0.242. The number of nitriles is 2. The third-order valence-electron chi connectivity index (χ3n) is 8.51. The van der Waals surface area contributed by atoms with E-state index in [0.717, 1.165) is 35.2 Å². The number of fused-ring (bicyclic) bond motifs is 5. The van der Waals surface area contributed by atoms with E-state index < -0.39 is 5.41 Å². The third-order valence-corrected chi connectivity index (χ3v) is 8.51. The molecule has 0 spiro atoms.